The van der Waals surface area contributed by atoms with Gasteiger partial charge < -0.3 is 4.42 Å². The first-order chi connectivity index (χ1) is 7.83. The van der Waals surface area contributed by atoms with Crippen molar-refractivity contribution in [3.63, 3.8) is 0 Å². The van der Waals surface area contributed by atoms with E-state index in [1.165, 1.54) is 0 Å². The molecule has 3 heteroatoms. The number of rotatable bonds is 4. The van der Waals surface area contributed by atoms with Crippen molar-refractivity contribution in [3.05, 3.63) is 35.9 Å². The summed E-state index contributed by atoms with van der Waals surface area (Å²) >= 11 is 0. The normalized spacial score (nSPS) is 11.9. The van der Waals surface area contributed by atoms with Crippen LogP contribution in [0.5, 0.6) is 0 Å². The van der Waals surface area contributed by atoms with E-state index in [-0.39, 0.29) is 0 Å². The monoisotopic (exact) mass is 215 g/mol. The van der Waals surface area contributed by atoms with Crippen LogP contribution in [-0.4, -0.2) is 11.3 Å². The molecule has 3 nitrogen and oxygen atoms in total. The molecule has 0 saturated carbocycles. The van der Waals surface area contributed by atoms with Gasteiger partial charge in [0.1, 0.15) is 12.0 Å². The Morgan fingerprint density at radius 1 is 1.56 bits per heavy atom. The summed E-state index contributed by atoms with van der Waals surface area (Å²) in [5.74, 6) is 0.707. The maximum atomic E-state index is 10.8. The number of hydrogen-bond acceptors (Lipinski definition) is 3. The Bertz CT molecular complexity index is 492. The summed E-state index contributed by atoms with van der Waals surface area (Å²) in [6, 6.07) is 3.80. The zero-order chi connectivity index (χ0) is 11.4. The number of carbonyl (C=O) groups excluding carboxylic acids is 1. The summed E-state index contributed by atoms with van der Waals surface area (Å²) < 4.78 is 5.55. The molecule has 0 aliphatic carbocycles. The lowest BCUT2D eigenvalue weighted by molar-refractivity contribution is -0.105. The summed E-state index contributed by atoms with van der Waals surface area (Å²) in [5, 5.41) is 1.00. The predicted molar refractivity (Wildman–Crippen MR) is 63.0 cm³/mol. The van der Waals surface area contributed by atoms with Crippen molar-refractivity contribution in [1.82, 2.24) is 4.98 Å². The number of allylic oxidation sites excluding steroid dienone is 1. The molecule has 2 aromatic heterocycles. The summed E-state index contributed by atoms with van der Waals surface area (Å²) in [4.78, 5) is 14.8. The lowest BCUT2D eigenvalue weighted by atomic mass is 10.1. The highest BCUT2D eigenvalue weighted by molar-refractivity contribution is 5.84. The fraction of sp³-hybridized carbons (Fsp3) is 0.231. The number of aromatic nitrogens is 1. The Hall–Kier alpha value is -1.90. The molecule has 0 radical (unpaired) electrons. The molecule has 0 aliphatic rings. The third kappa shape index (κ3) is 2.19. The van der Waals surface area contributed by atoms with Crippen LogP contribution in [0.2, 0.25) is 0 Å². The zero-order valence-electron chi connectivity index (χ0n) is 9.14. The van der Waals surface area contributed by atoms with Crippen molar-refractivity contribution in [2.24, 2.45) is 0 Å². The van der Waals surface area contributed by atoms with Gasteiger partial charge in [-0.05, 0) is 30.2 Å². The van der Waals surface area contributed by atoms with E-state index in [1.807, 2.05) is 19.1 Å². The molecule has 2 aromatic rings. The Kier molecular flexibility index (Phi) is 3.15. The van der Waals surface area contributed by atoms with Crippen molar-refractivity contribution in [2.75, 3.05) is 0 Å². The first kappa shape index (κ1) is 10.6. The van der Waals surface area contributed by atoms with Gasteiger partial charge in [0.2, 0.25) is 0 Å². The van der Waals surface area contributed by atoms with E-state index in [0.717, 1.165) is 35.7 Å². The van der Waals surface area contributed by atoms with Crippen LogP contribution in [-0.2, 0) is 4.79 Å². The Morgan fingerprint density at radius 3 is 3.12 bits per heavy atom. The third-order valence-electron chi connectivity index (χ3n) is 2.36. The number of pyridine rings is 1. The molecule has 0 aliphatic heterocycles. The van der Waals surface area contributed by atoms with Gasteiger partial charge in [0.15, 0.2) is 5.58 Å². The minimum Gasteiger partial charge on any atom is -0.455 e. The molecule has 0 bridgehead atoms. The van der Waals surface area contributed by atoms with Gasteiger partial charge in [-0.1, -0.05) is 13.3 Å². The number of fused-ring (bicyclic) bond motifs is 1. The van der Waals surface area contributed by atoms with Crippen molar-refractivity contribution >= 4 is 23.3 Å². The topological polar surface area (TPSA) is 43.1 Å². The lowest BCUT2D eigenvalue weighted by Gasteiger charge is -1.93. The van der Waals surface area contributed by atoms with Crippen LogP contribution in [0.4, 0.5) is 0 Å². The molecule has 0 atom stereocenters. The molecule has 0 N–H and O–H groups in total. The van der Waals surface area contributed by atoms with E-state index in [9.17, 15) is 4.79 Å². The van der Waals surface area contributed by atoms with E-state index < -0.39 is 0 Å². The van der Waals surface area contributed by atoms with Crippen LogP contribution in [0.25, 0.3) is 17.0 Å². The number of nitrogens with zero attached hydrogens (tertiary/aromatic N) is 1. The average Bonchev–Trinajstić information content (AvgIpc) is 2.70. The summed E-state index contributed by atoms with van der Waals surface area (Å²) in [6.45, 7) is 2.04. The predicted octanol–water partition coefficient (Wildman–Crippen LogP) is 3.21. The molecule has 0 amide bonds. The maximum Gasteiger partial charge on any atom is 0.153 e. The van der Waals surface area contributed by atoms with Crippen molar-refractivity contribution in [3.8, 4) is 0 Å². The van der Waals surface area contributed by atoms with Crippen LogP contribution < -0.4 is 0 Å². The smallest absolute Gasteiger partial charge is 0.153 e. The highest BCUT2D eigenvalue weighted by Gasteiger charge is 2.02. The Labute approximate surface area is 93.8 Å². The molecule has 0 aromatic carbocycles. The van der Waals surface area contributed by atoms with Crippen LogP contribution >= 0.6 is 0 Å². The molecule has 0 spiro atoms. The van der Waals surface area contributed by atoms with E-state index in [1.54, 1.807) is 18.5 Å². The van der Waals surface area contributed by atoms with Gasteiger partial charge in [-0.2, -0.15) is 0 Å². The van der Waals surface area contributed by atoms with Crippen LogP contribution in [0, 0.1) is 0 Å². The molecule has 82 valence electrons. The first-order valence-corrected chi connectivity index (χ1v) is 5.33. The highest BCUT2D eigenvalue weighted by atomic mass is 16.3. The molecule has 2 heterocycles. The van der Waals surface area contributed by atoms with Crippen molar-refractivity contribution < 1.29 is 9.21 Å². The molecular formula is C13H13NO2. The van der Waals surface area contributed by atoms with E-state index in [4.69, 9.17) is 4.42 Å². The zero-order valence-corrected chi connectivity index (χ0v) is 9.14. The van der Waals surface area contributed by atoms with E-state index >= 15 is 0 Å². The average molecular weight is 215 g/mol. The molecule has 2 rings (SSSR count). The second-order valence-corrected chi connectivity index (χ2v) is 3.65. The minimum absolute atomic E-state index is 0.707. The molecule has 16 heavy (non-hydrogen) atoms. The second kappa shape index (κ2) is 4.75. The van der Waals surface area contributed by atoms with Crippen molar-refractivity contribution in [1.29, 1.82) is 0 Å². The Morgan fingerprint density at radius 2 is 2.44 bits per heavy atom. The maximum absolute atomic E-state index is 10.8. The van der Waals surface area contributed by atoms with Gasteiger partial charge in [0, 0.05) is 11.6 Å². The largest absolute Gasteiger partial charge is 0.455 e. The summed E-state index contributed by atoms with van der Waals surface area (Å²) in [5.41, 5.74) is 1.50. The fourth-order valence-corrected chi connectivity index (χ4v) is 1.61. The first-order valence-electron chi connectivity index (χ1n) is 5.33. The van der Waals surface area contributed by atoms with Gasteiger partial charge in [0.05, 0.1) is 6.20 Å². The summed E-state index contributed by atoms with van der Waals surface area (Å²) in [7, 11) is 0. The van der Waals surface area contributed by atoms with Gasteiger partial charge in [0.25, 0.3) is 0 Å². The lowest BCUT2D eigenvalue weighted by Crippen LogP contribution is -1.82. The van der Waals surface area contributed by atoms with E-state index in [2.05, 4.69) is 4.98 Å². The van der Waals surface area contributed by atoms with Crippen molar-refractivity contribution in [2.45, 2.75) is 19.8 Å². The van der Waals surface area contributed by atoms with E-state index in [0.29, 0.717) is 5.76 Å². The third-order valence-corrected chi connectivity index (χ3v) is 2.36. The van der Waals surface area contributed by atoms with Crippen LogP contribution in [0.15, 0.2) is 34.5 Å². The molecule has 0 saturated heterocycles. The highest BCUT2D eigenvalue weighted by Crippen LogP contribution is 2.20. The van der Waals surface area contributed by atoms with Crippen LogP contribution in [0.3, 0.4) is 0 Å². The van der Waals surface area contributed by atoms with Crippen LogP contribution in [0.1, 0.15) is 25.5 Å². The minimum atomic E-state index is 0.707. The van der Waals surface area contributed by atoms with Gasteiger partial charge in [-0.15, -0.1) is 0 Å². The van der Waals surface area contributed by atoms with Gasteiger partial charge in [-0.25, -0.2) is 0 Å². The fourth-order valence-electron chi connectivity index (χ4n) is 1.61. The molecular weight excluding hydrogens is 202 g/mol. The number of hydrogen-bond donors (Lipinski definition) is 0. The molecule has 0 unspecified atom stereocenters. The summed E-state index contributed by atoms with van der Waals surface area (Å²) in [6.07, 6.45) is 7.79. The number of carbonyl (C=O) groups is 1. The van der Waals surface area contributed by atoms with Gasteiger partial charge >= 0.3 is 0 Å². The molecule has 0 fully saturated rings. The number of furan rings is 1. The quantitative estimate of drug-likeness (QED) is 0.581. The number of aldehydes is 1. The standard InChI is InChI=1S/C13H13NO2/c1-2-3-10(9-15)6-12-7-11-4-5-14-8-13(11)16-12/h4-9H,2-3H2,1H3/b10-6-. The second-order valence-electron chi connectivity index (χ2n) is 3.65. The SMILES string of the molecule is CCC/C(C=O)=C/c1cc2ccncc2o1. The van der Waals surface area contributed by atoms with Gasteiger partial charge in [-0.3, -0.25) is 9.78 Å². The Balaban J connectivity index is 2.36.